The number of nitrogens with zero attached hydrogens (tertiary/aromatic N) is 1. The van der Waals surface area contributed by atoms with E-state index in [0.29, 0.717) is 11.3 Å². The van der Waals surface area contributed by atoms with Crippen molar-refractivity contribution in [2.45, 2.75) is 0 Å². The number of pyridine rings is 1. The summed E-state index contributed by atoms with van der Waals surface area (Å²) in [6.45, 7) is -0.301. The van der Waals surface area contributed by atoms with Gasteiger partial charge in [-0.1, -0.05) is 24.3 Å². The Morgan fingerprint density at radius 2 is 1.72 bits per heavy atom. The van der Waals surface area contributed by atoms with E-state index in [9.17, 15) is 9.59 Å². The highest BCUT2D eigenvalue weighted by molar-refractivity contribution is 5.97. The molecule has 90 valence electrons. The maximum Gasteiger partial charge on any atom is 0.338 e. The molecule has 0 saturated carbocycles. The number of ketones is 1. The van der Waals surface area contributed by atoms with E-state index in [0.717, 1.165) is 0 Å². The molecule has 0 atom stereocenters. The van der Waals surface area contributed by atoms with Gasteiger partial charge in [0.05, 0.1) is 5.56 Å². The van der Waals surface area contributed by atoms with Crippen molar-refractivity contribution < 1.29 is 14.3 Å². The van der Waals surface area contributed by atoms with Gasteiger partial charge in [-0.2, -0.15) is 0 Å². The van der Waals surface area contributed by atoms with Gasteiger partial charge in [0.25, 0.3) is 0 Å². The molecule has 0 aliphatic rings. The first-order chi connectivity index (χ1) is 8.77. The summed E-state index contributed by atoms with van der Waals surface area (Å²) in [6.07, 6.45) is 1.52. The van der Waals surface area contributed by atoms with Crippen molar-refractivity contribution in [1.82, 2.24) is 4.98 Å². The third-order valence-electron chi connectivity index (χ3n) is 2.29. The molecule has 1 aromatic carbocycles. The van der Waals surface area contributed by atoms with Crippen LogP contribution in [0, 0.1) is 0 Å². The molecule has 0 bridgehead atoms. The molecule has 0 amide bonds. The van der Waals surface area contributed by atoms with Crippen LogP contribution in [-0.4, -0.2) is 23.3 Å². The predicted octanol–water partition coefficient (Wildman–Crippen LogP) is 2.12. The molecule has 1 aromatic heterocycles. The van der Waals surface area contributed by atoms with Crippen LogP contribution in [0.25, 0.3) is 0 Å². The van der Waals surface area contributed by atoms with Gasteiger partial charge < -0.3 is 4.74 Å². The molecule has 0 fully saturated rings. The van der Waals surface area contributed by atoms with Crippen molar-refractivity contribution in [2.75, 3.05) is 6.61 Å². The average molecular weight is 241 g/mol. The number of carbonyl (C=O) groups is 2. The number of rotatable bonds is 4. The molecule has 4 nitrogen and oxygen atoms in total. The highest BCUT2D eigenvalue weighted by Gasteiger charge is 2.11. The van der Waals surface area contributed by atoms with E-state index in [2.05, 4.69) is 4.98 Å². The fourth-order valence-corrected chi connectivity index (χ4v) is 1.39. The standard InChI is InChI=1S/C14H11NO3/c16-13(12-8-4-5-9-15-12)10-18-14(17)11-6-2-1-3-7-11/h1-9H,10H2. The van der Waals surface area contributed by atoms with Gasteiger partial charge in [-0.15, -0.1) is 0 Å². The molecule has 0 aliphatic heterocycles. The molecular weight excluding hydrogens is 230 g/mol. The van der Waals surface area contributed by atoms with Gasteiger partial charge in [-0.05, 0) is 24.3 Å². The molecule has 0 unspecified atom stereocenters. The van der Waals surface area contributed by atoms with E-state index >= 15 is 0 Å². The summed E-state index contributed by atoms with van der Waals surface area (Å²) >= 11 is 0. The van der Waals surface area contributed by atoms with Crippen LogP contribution in [-0.2, 0) is 4.74 Å². The number of aromatic nitrogens is 1. The van der Waals surface area contributed by atoms with Gasteiger partial charge in [-0.3, -0.25) is 9.78 Å². The van der Waals surface area contributed by atoms with E-state index in [-0.39, 0.29) is 12.4 Å². The molecule has 1 heterocycles. The topological polar surface area (TPSA) is 56.3 Å². The number of benzene rings is 1. The molecule has 2 rings (SSSR count). The quantitative estimate of drug-likeness (QED) is 0.607. The minimum Gasteiger partial charge on any atom is -0.454 e. The molecule has 0 N–H and O–H groups in total. The molecule has 0 radical (unpaired) electrons. The van der Waals surface area contributed by atoms with Crippen molar-refractivity contribution in [3.63, 3.8) is 0 Å². The van der Waals surface area contributed by atoms with E-state index in [1.807, 2.05) is 0 Å². The third-order valence-corrected chi connectivity index (χ3v) is 2.29. The molecular formula is C14H11NO3. The van der Waals surface area contributed by atoms with Crippen molar-refractivity contribution >= 4 is 11.8 Å². The smallest absolute Gasteiger partial charge is 0.338 e. The number of hydrogen-bond acceptors (Lipinski definition) is 4. The minimum absolute atomic E-state index is 0.290. The lowest BCUT2D eigenvalue weighted by atomic mass is 10.2. The Labute approximate surface area is 104 Å². The second kappa shape index (κ2) is 5.72. The Kier molecular flexibility index (Phi) is 3.81. The normalized spacial score (nSPS) is 9.78. The lowest BCUT2D eigenvalue weighted by molar-refractivity contribution is 0.0473. The summed E-state index contributed by atoms with van der Waals surface area (Å²) < 4.78 is 4.92. The van der Waals surface area contributed by atoms with Crippen molar-refractivity contribution in [2.24, 2.45) is 0 Å². The molecule has 2 aromatic rings. The highest BCUT2D eigenvalue weighted by Crippen LogP contribution is 2.02. The lowest BCUT2D eigenvalue weighted by Gasteiger charge is -2.03. The van der Waals surface area contributed by atoms with Gasteiger partial charge in [0.2, 0.25) is 5.78 Å². The van der Waals surface area contributed by atoms with Gasteiger partial charge in [-0.25, -0.2) is 4.79 Å². The Bertz CT molecular complexity index is 486. The number of hydrogen-bond donors (Lipinski definition) is 0. The maximum absolute atomic E-state index is 11.6. The van der Waals surface area contributed by atoms with Crippen LogP contribution in [0.5, 0.6) is 0 Å². The van der Waals surface area contributed by atoms with E-state index in [1.165, 1.54) is 6.20 Å². The van der Waals surface area contributed by atoms with Gasteiger partial charge >= 0.3 is 5.97 Å². The highest BCUT2D eigenvalue weighted by atomic mass is 16.5. The molecule has 4 heteroatoms. The third kappa shape index (κ3) is 3.01. The first-order valence-corrected chi connectivity index (χ1v) is 5.44. The van der Waals surface area contributed by atoms with Gasteiger partial charge in [0.15, 0.2) is 6.61 Å². The largest absolute Gasteiger partial charge is 0.454 e. The molecule has 18 heavy (non-hydrogen) atoms. The Morgan fingerprint density at radius 3 is 2.39 bits per heavy atom. The summed E-state index contributed by atoms with van der Waals surface area (Å²) in [4.78, 5) is 27.1. The average Bonchev–Trinajstić information content (AvgIpc) is 2.46. The van der Waals surface area contributed by atoms with E-state index in [1.54, 1.807) is 48.5 Å². The number of ether oxygens (including phenoxy) is 1. The summed E-state index contributed by atoms with van der Waals surface area (Å²) in [6, 6.07) is 13.5. The Morgan fingerprint density at radius 1 is 1.00 bits per heavy atom. The molecule has 0 aliphatic carbocycles. The van der Waals surface area contributed by atoms with Gasteiger partial charge in [0, 0.05) is 6.20 Å². The number of esters is 1. The maximum atomic E-state index is 11.6. The Balaban J connectivity index is 1.93. The lowest BCUT2D eigenvalue weighted by Crippen LogP contribution is -2.15. The van der Waals surface area contributed by atoms with Gasteiger partial charge in [0.1, 0.15) is 5.69 Å². The van der Waals surface area contributed by atoms with E-state index < -0.39 is 5.97 Å². The molecule has 0 spiro atoms. The van der Waals surface area contributed by atoms with Crippen LogP contribution in [0.15, 0.2) is 54.7 Å². The second-order valence-corrected chi connectivity index (χ2v) is 3.58. The summed E-state index contributed by atoms with van der Waals surface area (Å²) in [5.41, 5.74) is 0.713. The SMILES string of the molecule is O=C(OCC(=O)c1ccccn1)c1ccccc1. The fourth-order valence-electron chi connectivity index (χ4n) is 1.39. The predicted molar refractivity (Wildman–Crippen MR) is 65.3 cm³/mol. The monoisotopic (exact) mass is 241 g/mol. The minimum atomic E-state index is -0.514. The fraction of sp³-hybridized carbons (Fsp3) is 0.0714. The van der Waals surface area contributed by atoms with Crippen LogP contribution < -0.4 is 0 Å². The first kappa shape index (κ1) is 12.0. The molecule has 0 saturated heterocycles. The summed E-state index contributed by atoms with van der Waals surface area (Å²) in [5, 5.41) is 0. The van der Waals surface area contributed by atoms with Crippen molar-refractivity contribution in [3.8, 4) is 0 Å². The zero-order valence-electron chi connectivity index (χ0n) is 9.58. The van der Waals surface area contributed by atoms with Crippen LogP contribution in [0.2, 0.25) is 0 Å². The zero-order chi connectivity index (χ0) is 12.8. The Hall–Kier alpha value is -2.49. The summed E-state index contributed by atoms with van der Waals surface area (Å²) in [5.74, 6) is -0.834. The number of Topliss-reactive ketones (excluding diaryl/α,β-unsaturated/α-hetero) is 1. The second-order valence-electron chi connectivity index (χ2n) is 3.58. The van der Waals surface area contributed by atoms with E-state index in [4.69, 9.17) is 4.74 Å². The zero-order valence-corrected chi connectivity index (χ0v) is 9.58. The number of carbonyl (C=O) groups excluding carboxylic acids is 2. The van der Waals surface area contributed by atoms with Crippen molar-refractivity contribution in [1.29, 1.82) is 0 Å². The summed E-state index contributed by atoms with van der Waals surface area (Å²) in [7, 11) is 0. The first-order valence-electron chi connectivity index (χ1n) is 5.44. The van der Waals surface area contributed by atoms with Crippen LogP contribution in [0.3, 0.4) is 0 Å². The van der Waals surface area contributed by atoms with Crippen LogP contribution in [0.4, 0.5) is 0 Å². The van der Waals surface area contributed by atoms with Crippen molar-refractivity contribution in [3.05, 3.63) is 66.0 Å². The van der Waals surface area contributed by atoms with Crippen LogP contribution in [0.1, 0.15) is 20.8 Å². The van der Waals surface area contributed by atoms with Crippen LogP contribution >= 0.6 is 0 Å².